The van der Waals surface area contributed by atoms with Crippen LogP contribution < -0.4 is 10.1 Å². The Bertz CT molecular complexity index is 1360. The molecule has 1 N–H and O–H groups in total. The number of nitrogens with one attached hydrogen (secondary N) is 1. The molecule has 9 nitrogen and oxygen atoms in total. The summed E-state index contributed by atoms with van der Waals surface area (Å²) >= 11 is 0. The van der Waals surface area contributed by atoms with Crippen molar-refractivity contribution in [3.8, 4) is 12.0 Å². The van der Waals surface area contributed by atoms with E-state index in [1.165, 1.54) is 12.1 Å². The molecule has 160 valence electrons. The van der Waals surface area contributed by atoms with Crippen LogP contribution in [0.1, 0.15) is 11.3 Å². The normalized spacial score (nSPS) is 11.1. The molecule has 0 aliphatic heterocycles. The monoisotopic (exact) mass is 430 g/mol. The topological polar surface area (TPSA) is 95.6 Å². The molecule has 2 aromatic carbocycles. The molecule has 3 aromatic heterocycles. The number of aromatic nitrogens is 7. The zero-order valence-electron chi connectivity index (χ0n) is 17.2. The summed E-state index contributed by atoms with van der Waals surface area (Å²) in [4.78, 5) is 9.18. The zero-order valence-corrected chi connectivity index (χ0v) is 17.2. The maximum Gasteiger partial charge on any atom is 0.305 e. The van der Waals surface area contributed by atoms with Crippen LogP contribution in [-0.4, -0.2) is 34.7 Å². The van der Waals surface area contributed by atoms with E-state index in [9.17, 15) is 4.39 Å². The summed E-state index contributed by atoms with van der Waals surface area (Å²) in [5.74, 6) is 0.937. The van der Waals surface area contributed by atoms with E-state index in [-0.39, 0.29) is 12.4 Å². The molecule has 0 saturated heterocycles. The van der Waals surface area contributed by atoms with Gasteiger partial charge in [0.2, 0.25) is 0 Å². The molecular formula is C22H19FN8O. The van der Waals surface area contributed by atoms with Gasteiger partial charge in [-0.15, -0.1) is 0 Å². The number of para-hydroxylation sites is 2. The highest BCUT2D eigenvalue weighted by molar-refractivity contribution is 5.78. The molecule has 0 aliphatic carbocycles. The number of halogens is 1. The lowest BCUT2D eigenvalue weighted by Gasteiger charge is -2.10. The third-order valence-electron chi connectivity index (χ3n) is 4.87. The van der Waals surface area contributed by atoms with E-state index in [0.29, 0.717) is 24.3 Å². The first kappa shape index (κ1) is 19.6. The van der Waals surface area contributed by atoms with E-state index < -0.39 is 0 Å². The Balaban J connectivity index is 1.34. The molecule has 0 saturated carbocycles. The summed E-state index contributed by atoms with van der Waals surface area (Å²) in [5.41, 5.74) is 3.29. The molecular weight excluding hydrogens is 411 g/mol. The van der Waals surface area contributed by atoms with Gasteiger partial charge >= 0.3 is 6.01 Å². The van der Waals surface area contributed by atoms with Crippen LogP contribution in [0.5, 0.6) is 6.01 Å². The number of hydrogen-bond donors (Lipinski definition) is 1. The van der Waals surface area contributed by atoms with Crippen molar-refractivity contribution in [2.75, 3.05) is 5.32 Å². The van der Waals surface area contributed by atoms with Crippen LogP contribution in [-0.2, 0) is 20.2 Å². The number of imidazole rings is 1. The molecule has 0 radical (unpaired) electrons. The molecule has 0 amide bonds. The number of rotatable bonds is 7. The summed E-state index contributed by atoms with van der Waals surface area (Å²) in [6.07, 6.45) is 0. The number of benzene rings is 2. The second-order valence-corrected chi connectivity index (χ2v) is 7.10. The summed E-state index contributed by atoms with van der Waals surface area (Å²) in [7, 11) is 1.76. The van der Waals surface area contributed by atoms with Gasteiger partial charge in [-0.25, -0.2) is 18.6 Å². The predicted molar refractivity (Wildman–Crippen MR) is 116 cm³/mol. The van der Waals surface area contributed by atoms with Gasteiger partial charge in [0.25, 0.3) is 5.95 Å². The lowest BCUT2D eigenvalue weighted by molar-refractivity contribution is 0.272. The van der Waals surface area contributed by atoms with Gasteiger partial charge in [0, 0.05) is 13.6 Å². The number of anilines is 1. The van der Waals surface area contributed by atoms with Gasteiger partial charge in [0.15, 0.2) is 0 Å². The Morgan fingerprint density at radius 2 is 1.81 bits per heavy atom. The van der Waals surface area contributed by atoms with E-state index in [1.807, 2.05) is 42.5 Å². The van der Waals surface area contributed by atoms with Gasteiger partial charge in [-0.2, -0.15) is 4.98 Å². The second kappa shape index (κ2) is 8.42. The van der Waals surface area contributed by atoms with E-state index in [1.54, 1.807) is 28.4 Å². The highest BCUT2D eigenvalue weighted by Crippen LogP contribution is 2.25. The van der Waals surface area contributed by atoms with Crippen molar-refractivity contribution in [2.24, 2.45) is 7.05 Å². The third-order valence-corrected chi connectivity index (χ3v) is 4.87. The van der Waals surface area contributed by atoms with E-state index in [2.05, 4.69) is 30.8 Å². The average molecular weight is 430 g/mol. The fourth-order valence-corrected chi connectivity index (χ4v) is 3.30. The molecule has 0 atom stereocenters. The van der Waals surface area contributed by atoms with Crippen LogP contribution in [0.4, 0.5) is 10.2 Å². The molecule has 0 fully saturated rings. The molecule has 0 unspecified atom stereocenters. The Kier molecular flexibility index (Phi) is 5.16. The highest BCUT2D eigenvalue weighted by atomic mass is 19.1. The van der Waals surface area contributed by atoms with Crippen LogP contribution in [0.15, 0.2) is 66.7 Å². The maximum atomic E-state index is 13.1. The van der Waals surface area contributed by atoms with E-state index in [0.717, 1.165) is 22.3 Å². The SMILES string of the molecule is Cn1nnnc1-n1c(OCc2cccc(NCc3ccc(F)cc3)n2)nc2ccccc21. The van der Waals surface area contributed by atoms with Gasteiger partial charge in [-0.3, -0.25) is 0 Å². The number of aryl methyl sites for hydroxylation is 1. The predicted octanol–water partition coefficient (Wildman–Crippen LogP) is 3.27. The standard InChI is InChI=1S/C22H19FN8O/c1-30-21(27-28-29-30)31-19-7-3-2-6-18(19)26-22(31)32-14-17-5-4-8-20(25-17)24-13-15-9-11-16(23)12-10-15/h2-12H,13-14H2,1H3,(H,24,25). The van der Waals surface area contributed by atoms with Crippen molar-refractivity contribution in [1.82, 2.24) is 34.7 Å². The van der Waals surface area contributed by atoms with Crippen molar-refractivity contribution < 1.29 is 9.13 Å². The Morgan fingerprint density at radius 1 is 0.969 bits per heavy atom. The molecule has 3 heterocycles. The minimum absolute atomic E-state index is 0.209. The Hall–Kier alpha value is -4.34. The smallest absolute Gasteiger partial charge is 0.305 e. The maximum absolute atomic E-state index is 13.1. The number of fused-ring (bicyclic) bond motifs is 1. The first-order valence-corrected chi connectivity index (χ1v) is 9.94. The number of hydrogen-bond acceptors (Lipinski definition) is 7. The van der Waals surface area contributed by atoms with Gasteiger partial charge in [0.1, 0.15) is 18.2 Å². The largest absolute Gasteiger partial charge is 0.458 e. The van der Waals surface area contributed by atoms with Gasteiger partial charge < -0.3 is 10.1 Å². The Labute approximate surface area is 182 Å². The van der Waals surface area contributed by atoms with Gasteiger partial charge in [-0.05, 0) is 52.4 Å². The van der Waals surface area contributed by atoms with Crippen LogP contribution >= 0.6 is 0 Å². The minimum atomic E-state index is -0.255. The van der Waals surface area contributed by atoms with Crippen LogP contribution in [0, 0.1) is 5.82 Å². The summed E-state index contributed by atoms with van der Waals surface area (Å²) < 4.78 is 22.4. The molecule has 10 heteroatoms. The molecule has 32 heavy (non-hydrogen) atoms. The van der Waals surface area contributed by atoms with Crippen molar-refractivity contribution >= 4 is 16.9 Å². The van der Waals surface area contributed by atoms with Gasteiger partial charge in [-0.1, -0.05) is 35.4 Å². The highest BCUT2D eigenvalue weighted by Gasteiger charge is 2.18. The van der Waals surface area contributed by atoms with Gasteiger partial charge in [0.05, 0.1) is 16.7 Å². The first-order chi connectivity index (χ1) is 15.7. The Morgan fingerprint density at radius 3 is 2.62 bits per heavy atom. The van der Waals surface area contributed by atoms with Crippen molar-refractivity contribution in [1.29, 1.82) is 0 Å². The van der Waals surface area contributed by atoms with Crippen molar-refractivity contribution in [3.05, 3.63) is 83.8 Å². The second-order valence-electron chi connectivity index (χ2n) is 7.10. The number of ether oxygens (including phenoxy) is 1. The molecule has 0 spiro atoms. The first-order valence-electron chi connectivity index (χ1n) is 9.94. The lowest BCUT2D eigenvalue weighted by Crippen LogP contribution is -2.09. The summed E-state index contributed by atoms with van der Waals surface area (Å²) in [6, 6.07) is 20.0. The van der Waals surface area contributed by atoms with Crippen molar-refractivity contribution in [2.45, 2.75) is 13.2 Å². The summed E-state index contributed by atoms with van der Waals surface area (Å²) in [6.45, 7) is 0.743. The van der Waals surface area contributed by atoms with Crippen LogP contribution in [0.2, 0.25) is 0 Å². The van der Waals surface area contributed by atoms with Crippen molar-refractivity contribution in [3.63, 3.8) is 0 Å². The van der Waals surface area contributed by atoms with E-state index in [4.69, 9.17) is 4.74 Å². The van der Waals surface area contributed by atoms with E-state index >= 15 is 0 Å². The van der Waals surface area contributed by atoms with Crippen LogP contribution in [0.3, 0.4) is 0 Å². The minimum Gasteiger partial charge on any atom is -0.458 e. The molecule has 5 rings (SSSR count). The molecule has 0 bridgehead atoms. The quantitative estimate of drug-likeness (QED) is 0.423. The fourth-order valence-electron chi connectivity index (χ4n) is 3.30. The number of pyridine rings is 1. The molecule has 0 aliphatic rings. The lowest BCUT2D eigenvalue weighted by atomic mass is 10.2. The summed E-state index contributed by atoms with van der Waals surface area (Å²) in [5, 5.41) is 15.0. The third kappa shape index (κ3) is 3.97. The zero-order chi connectivity index (χ0) is 21.9. The molecule has 5 aromatic rings. The average Bonchev–Trinajstić information content (AvgIpc) is 3.40. The van der Waals surface area contributed by atoms with Crippen LogP contribution in [0.25, 0.3) is 17.0 Å². The fraction of sp³-hybridized carbons (Fsp3) is 0.136. The number of tetrazole rings is 1. The number of nitrogens with zero attached hydrogens (tertiary/aromatic N) is 7.